The number of rotatable bonds is 9. The number of piperidine rings is 1. The summed E-state index contributed by atoms with van der Waals surface area (Å²) in [4.78, 5) is 6.73. The minimum atomic E-state index is -3.22. The van der Waals surface area contributed by atoms with Crippen molar-refractivity contribution in [3.63, 3.8) is 0 Å². The van der Waals surface area contributed by atoms with Crippen LogP contribution in [0, 0.1) is 5.92 Å². The summed E-state index contributed by atoms with van der Waals surface area (Å²) in [5, 5.41) is 6.46. The summed E-state index contributed by atoms with van der Waals surface area (Å²) in [7, 11) is -1.51. The second kappa shape index (κ2) is 9.90. The van der Waals surface area contributed by atoms with Crippen LogP contribution in [0.2, 0.25) is 0 Å². The number of hydrogen-bond acceptors (Lipinski definition) is 4. The topological polar surface area (TPSA) is 85.8 Å². The predicted molar refractivity (Wildman–Crippen MR) is 108 cm³/mol. The molecule has 0 amide bonds. The molecule has 1 saturated carbocycles. The standard InChI is InChI=1S/C18H37N5O2S/c1-18(2,23-11-5-4-6-12-23)15-21-17(19-3)20-10-13-26(24,25)22-14-16-8-7-9-16/h16,22H,4-15H2,1-3H3,(H2,19,20,21). The molecular formula is C18H37N5O2S. The van der Waals surface area contributed by atoms with E-state index in [0.29, 0.717) is 25.0 Å². The van der Waals surface area contributed by atoms with Crippen molar-refractivity contribution in [2.24, 2.45) is 10.9 Å². The summed E-state index contributed by atoms with van der Waals surface area (Å²) in [6, 6.07) is 0. The number of guanidine groups is 1. The Morgan fingerprint density at radius 1 is 1.12 bits per heavy atom. The quantitative estimate of drug-likeness (QED) is 0.408. The Kier molecular flexibility index (Phi) is 8.16. The van der Waals surface area contributed by atoms with Gasteiger partial charge >= 0.3 is 0 Å². The van der Waals surface area contributed by atoms with Gasteiger partial charge in [-0.25, -0.2) is 13.1 Å². The molecule has 2 aliphatic rings. The van der Waals surface area contributed by atoms with Crippen molar-refractivity contribution in [3.05, 3.63) is 0 Å². The van der Waals surface area contributed by atoms with Gasteiger partial charge < -0.3 is 10.6 Å². The Hall–Kier alpha value is -0.860. The molecule has 8 heteroatoms. The average molecular weight is 388 g/mol. The highest BCUT2D eigenvalue weighted by molar-refractivity contribution is 7.89. The molecule has 0 spiro atoms. The van der Waals surface area contributed by atoms with Crippen LogP contribution in [0.3, 0.4) is 0 Å². The smallest absolute Gasteiger partial charge is 0.213 e. The molecule has 3 N–H and O–H groups in total. The summed E-state index contributed by atoms with van der Waals surface area (Å²) in [6.45, 7) is 8.49. The highest BCUT2D eigenvalue weighted by Gasteiger charge is 2.28. The van der Waals surface area contributed by atoms with Crippen LogP contribution in [0.25, 0.3) is 0 Å². The largest absolute Gasteiger partial charge is 0.355 e. The first-order valence-corrected chi connectivity index (χ1v) is 11.6. The number of nitrogens with zero attached hydrogens (tertiary/aromatic N) is 2. The van der Waals surface area contributed by atoms with E-state index >= 15 is 0 Å². The van der Waals surface area contributed by atoms with E-state index in [1.165, 1.54) is 25.7 Å². The Labute approximate surface area is 159 Å². The van der Waals surface area contributed by atoms with E-state index in [9.17, 15) is 8.42 Å². The summed E-state index contributed by atoms with van der Waals surface area (Å²) in [5.41, 5.74) is 0.0500. The van der Waals surface area contributed by atoms with E-state index in [4.69, 9.17) is 0 Å². The maximum absolute atomic E-state index is 12.1. The van der Waals surface area contributed by atoms with Crippen molar-refractivity contribution in [1.82, 2.24) is 20.3 Å². The molecule has 0 atom stereocenters. The van der Waals surface area contributed by atoms with E-state index in [-0.39, 0.29) is 11.3 Å². The highest BCUT2D eigenvalue weighted by atomic mass is 32.2. The lowest BCUT2D eigenvalue weighted by Crippen LogP contribution is -2.55. The van der Waals surface area contributed by atoms with Gasteiger partial charge in [-0.3, -0.25) is 9.89 Å². The average Bonchev–Trinajstić information content (AvgIpc) is 2.57. The molecule has 0 unspecified atom stereocenters. The van der Waals surface area contributed by atoms with Crippen molar-refractivity contribution in [2.75, 3.05) is 45.5 Å². The number of nitrogens with one attached hydrogen (secondary N) is 3. The molecule has 0 aromatic rings. The Morgan fingerprint density at radius 2 is 1.81 bits per heavy atom. The lowest BCUT2D eigenvalue weighted by molar-refractivity contribution is 0.0982. The van der Waals surface area contributed by atoms with Crippen molar-refractivity contribution < 1.29 is 8.42 Å². The van der Waals surface area contributed by atoms with Crippen LogP contribution < -0.4 is 15.4 Å². The van der Waals surface area contributed by atoms with Crippen molar-refractivity contribution >= 4 is 16.0 Å². The van der Waals surface area contributed by atoms with Crippen molar-refractivity contribution in [1.29, 1.82) is 0 Å². The number of hydrogen-bond donors (Lipinski definition) is 3. The number of aliphatic imine (C=N–C) groups is 1. The molecular weight excluding hydrogens is 350 g/mol. The van der Waals surface area contributed by atoms with Crippen LogP contribution in [0.4, 0.5) is 0 Å². The molecule has 152 valence electrons. The fourth-order valence-corrected chi connectivity index (χ4v) is 4.45. The van der Waals surface area contributed by atoms with Gasteiger partial charge in [-0.2, -0.15) is 0 Å². The first-order chi connectivity index (χ1) is 12.3. The Balaban J connectivity index is 1.68. The van der Waals surface area contributed by atoms with E-state index in [1.54, 1.807) is 7.05 Å². The number of sulfonamides is 1. The van der Waals surface area contributed by atoms with Gasteiger partial charge in [-0.15, -0.1) is 0 Å². The monoisotopic (exact) mass is 387 g/mol. The third-order valence-electron chi connectivity index (χ3n) is 5.60. The lowest BCUT2D eigenvalue weighted by Gasteiger charge is -2.41. The molecule has 7 nitrogen and oxygen atoms in total. The first kappa shape index (κ1) is 21.4. The zero-order chi connectivity index (χ0) is 19.0. The van der Waals surface area contributed by atoms with Crippen molar-refractivity contribution in [2.45, 2.75) is 57.9 Å². The second-order valence-corrected chi connectivity index (χ2v) is 10.1. The molecule has 1 aliphatic heterocycles. The van der Waals surface area contributed by atoms with Gasteiger partial charge in [0.15, 0.2) is 5.96 Å². The van der Waals surface area contributed by atoms with Crippen LogP contribution in [0.15, 0.2) is 4.99 Å². The normalized spacial score (nSPS) is 20.7. The Morgan fingerprint density at radius 3 is 2.38 bits per heavy atom. The molecule has 0 bridgehead atoms. The SMILES string of the molecule is CN=C(NCCS(=O)(=O)NCC1CCC1)NCC(C)(C)N1CCCCC1. The molecule has 0 radical (unpaired) electrons. The van der Waals surface area contributed by atoms with Gasteiger partial charge in [0.1, 0.15) is 0 Å². The molecule has 2 rings (SSSR count). The van der Waals surface area contributed by atoms with Gasteiger partial charge in [0.2, 0.25) is 10.0 Å². The van der Waals surface area contributed by atoms with Gasteiger partial charge in [0, 0.05) is 32.2 Å². The van der Waals surface area contributed by atoms with Crippen molar-refractivity contribution in [3.8, 4) is 0 Å². The molecule has 1 heterocycles. The summed E-state index contributed by atoms with van der Waals surface area (Å²) in [5.74, 6) is 1.25. The van der Waals surface area contributed by atoms with E-state index in [2.05, 4.69) is 39.1 Å². The summed E-state index contributed by atoms with van der Waals surface area (Å²) < 4.78 is 26.8. The molecule has 2 fully saturated rings. The van der Waals surface area contributed by atoms with Gasteiger partial charge in [0.25, 0.3) is 0 Å². The van der Waals surface area contributed by atoms with Gasteiger partial charge in [-0.1, -0.05) is 12.8 Å². The van der Waals surface area contributed by atoms with Crippen LogP contribution in [-0.4, -0.2) is 70.3 Å². The fraction of sp³-hybridized carbons (Fsp3) is 0.944. The zero-order valence-corrected chi connectivity index (χ0v) is 17.5. The van der Waals surface area contributed by atoms with E-state index in [1.807, 2.05) is 0 Å². The van der Waals surface area contributed by atoms with Crippen LogP contribution in [0.5, 0.6) is 0 Å². The van der Waals surface area contributed by atoms with Gasteiger partial charge in [0.05, 0.1) is 5.75 Å². The second-order valence-electron chi connectivity index (χ2n) is 8.18. The molecule has 0 aromatic carbocycles. The minimum Gasteiger partial charge on any atom is -0.355 e. The molecule has 26 heavy (non-hydrogen) atoms. The zero-order valence-electron chi connectivity index (χ0n) is 16.7. The minimum absolute atomic E-state index is 0.0500. The number of likely N-dealkylation sites (tertiary alicyclic amines) is 1. The molecule has 1 aliphatic carbocycles. The van der Waals surface area contributed by atoms with E-state index in [0.717, 1.165) is 32.5 Å². The summed E-state index contributed by atoms with van der Waals surface area (Å²) in [6.07, 6.45) is 7.37. The van der Waals surface area contributed by atoms with Crippen LogP contribution in [0.1, 0.15) is 52.4 Å². The maximum Gasteiger partial charge on any atom is 0.213 e. The van der Waals surface area contributed by atoms with E-state index < -0.39 is 10.0 Å². The lowest BCUT2D eigenvalue weighted by atomic mass is 9.86. The summed E-state index contributed by atoms with van der Waals surface area (Å²) >= 11 is 0. The maximum atomic E-state index is 12.1. The van der Waals surface area contributed by atoms with Crippen LogP contribution in [-0.2, 0) is 10.0 Å². The highest BCUT2D eigenvalue weighted by Crippen LogP contribution is 2.25. The third-order valence-corrected chi connectivity index (χ3v) is 6.95. The molecule has 1 saturated heterocycles. The third kappa shape index (κ3) is 7.04. The predicted octanol–water partition coefficient (Wildman–Crippen LogP) is 1.14. The Bertz CT molecular complexity index is 552. The van der Waals surface area contributed by atoms with Gasteiger partial charge in [-0.05, 0) is 58.5 Å². The fourth-order valence-electron chi connectivity index (χ4n) is 3.45. The molecule has 0 aromatic heterocycles. The first-order valence-electron chi connectivity index (χ1n) is 9.99. The van der Waals surface area contributed by atoms with Crippen LogP contribution >= 0.6 is 0 Å².